The first-order valence-corrected chi connectivity index (χ1v) is 3.99. The number of carbonyl (C=O) groups excluding carboxylic acids is 1. The molecule has 0 fully saturated rings. The van der Waals surface area contributed by atoms with Gasteiger partial charge in [0.05, 0.1) is 12.1 Å². The van der Waals surface area contributed by atoms with Crippen molar-refractivity contribution < 1.29 is 9.53 Å². The SMILES string of the molecule is COc1c(Cl)ccnc1NC(C)=O. The van der Waals surface area contributed by atoms with Gasteiger partial charge in [0.25, 0.3) is 0 Å². The highest BCUT2D eigenvalue weighted by atomic mass is 35.5. The molecule has 5 heteroatoms. The second-order valence-corrected chi connectivity index (χ2v) is 2.76. The predicted molar refractivity (Wildman–Crippen MR) is 50.1 cm³/mol. The van der Waals surface area contributed by atoms with Crippen LogP contribution in [0.5, 0.6) is 5.75 Å². The molecule has 1 N–H and O–H groups in total. The highest BCUT2D eigenvalue weighted by molar-refractivity contribution is 6.32. The van der Waals surface area contributed by atoms with E-state index in [4.69, 9.17) is 16.3 Å². The van der Waals surface area contributed by atoms with Crippen molar-refractivity contribution in [2.24, 2.45) is 0 Å². The molecule has 0 saturated carbocycles. The molecule has 70 valence electrons. The summed E-state index contributed by atoms with van der Waals surface area (Å²) in [5.74, 6) is 0.495. The zero-order chi connectivity index (χ0) is 9.84. The molecule has 0 aliphatic rings. The summed E-state index contributed by atoms with van der Waals surface area (Å²) in [5, 5.41) is 2.92. The lowest BCUT2D eigenvalue weighted by Gasteiger charge is -2.08. The third kappa shape index (κ3) is 2.32. The molecule has 0 bridgehead atoms. The zero-order valence-corrected chi connectivity index (χ0v) is 8.05. The first-order chi connectivity index (χ1) is 6.15. The minimum absolute atomic E-state index is 0.215. The lowest BCUT2D eigenvalue weighted by molar-refractivity contribution is -0.114. The quantitative estimate of drug-likeness (QED) is 0.791. The maximum Gasteiger partial charge on any atom is 0.222 e. The fourth-order valence-corrected chi connectivity index (χ4v) is 1.10. The second-order valence-electron chi connectivity index (χ2n) is 2.36. The number of nitrogens with zero attached hydrogens (tertiary/aromatic N) is 1. The molecule has 0 aliphatic heterocycles. The Labute approximate surface area is 80.9 Å². The van der Waals surface area contributed by atoms with E-state index in [2.05, 4.69) is 10.3 Å². The van der Waals surface area contributed by atoms with Gasteiger partial charge in [-0.2, -0.15) is 0 Å². The van der Waals surface area contributed by atoms with Gasteiger partial charge in [0.15, 0.2) is 11.6 Å². The Bertz CT molecular complexity index is 328. The van der Waals surface area contributed by atoms with Gasteiger partial charge >= 0.3 is 0 Å². The summed E-state index contributed by atoms with van der Waals surface area (Å²) in [6, 6.07) is 1.59. The molecular weight excluding hydrogens is 192 g/mol. The average Bonchev–Trinajstić information content (AvgIpc) is 2.03. The van der Waals surface area contributed by atoms with E-state index in [0.717, 1.165) is 0 Å². The van der Waals surface area contributed by atoms with E-state index in [0.29, 0.717) is 16.6 Å². The van der Waals surface area contributed by atoms with Crippen LogP contribution in [0.4, 0.5) is 5.82 Å². The Balaban J connectivity index is 3.05. The number of nitrogens with one attached hydrogen (secondary N) is 1. The number of rotatable bonds is 2. The van der Waals surface area contributed by atoms with Gasteiger partial charge in [-0.05, 0) is 6.07 Å². The Kier molecular flexibility index (Phi) is 3.08. The van der Waals surface area contributed by atoms with E-state index in [1.165, 1.54) is 20.2 Å². The van der Waals surface area contributed by atoms with Crippen LogP contribution in [0.2, 0.25) is 5.02 Å². The van der Waals surface area contributed by atoms with Crippen molar-refractivity contribution in [2.45, 2.75) is 6.92 Å². The molecule has 1 aromatic heterocycles. The molecule has 4 nitrogen and oxygen atoms in total. The average molecular weight is 201 g/mol. The van der Waals surface area contributed by atoms with E-state index in [1.54, 1.807) is 6.07 Å². The van der Waals surface area contributed by atoms with Crippen molar-refractivity contribution in [1.82, 2.24) is 4.98 Å². The first kappa shape index (κ1) is 9.80. The summed E-state index contributed by atoms with van der Waals surface area (Å²) >= 11 is 5.80. The van der Waals surface area contributed by atoms with Crippen molar-refractivity contribution in [2.75, 3.05) is 12.4 Å². The third-order valence-electron chi connectivity index (χ3n) is 1.36. The number of anilines is 1. The third-order valence-corrected chi connectivity index (χ3v) is 1.65. The number of aromatic nitrogens is 1. The van der Waals surface area contributed by atoms with Crippen LogP contribution in [0.1, 0.15) is 6.92 Å². The van der Waals surface area contributed by atoms with Crippen LogP contribution in [0.25, 0.3) is 0 Å². The van der Waals surface area contributed by atoms with Gasteiger partial charge in [-0.15, -0.1) is 0 Å². The van der Waals surface area contributed by atoms with E-state index in [-0.39, 0.29) is 5.91 Å². The maximum atomic E-state index is 10.7. The van der Waals surface area contributed by atoms with Crippen molar-refractivity contribution >= 4 is 23.3 Å². The number of carbonyl (C=O) groups is 1. The molecule has 0 aromatic carbocycles. The normalized spacial score (nSPS) is 9.46. The molecule has 1 rings (SSSR count). The Morgan fingerprint density at radius 1 is 1.69 bits per heavy atom. The topological polar surface area (TPSA) is 51.2 Å². The van der Waals surface area contributed by atoms with Crippen molar-refractivity contribution in [1.29, 1.82) is 0 Å². The van der Waals surface area contributed by atoms with Gasteiger partial charge in [0.2, 0.25) is 5.91 Å². The summed E-state index contributed by atoms with van der Waals surface area (Å²) in [4.78, 5) is 14.7. The predicted octanol–water partition coefficient (Wildman–Crippen LogP) is 1.70. The molecule has 1 aromatic rings. The maximum absolute atomic E-state index is 10.7. The molecular formula is C8H9ClN2O2. The molecule has 0 unspecified atom stereocenters. The molecule has 0 saturated heterocycles. The van der Waals surface area contributed by atoms with Crippen LogP contribution >= 0.6 is 11.6 Å². The summed E-state index contributed by atoms with van der Waals surface area (Å²) in [7, 11) is 1.47. The highest BCUT2D eigenvalue weighted by Gasteiger charge is 2.09. The van der Waals surface area contributed by atoms with Crippen molar-refractivity contribution in [3.8, 4) is 5.75 Å². The fraction of sp³-hybridized carbons (Fsp3) is 0.250. The van der Waals surface area contributed by atoms with Crippen LogP contribution < -0.4 is 10.1 Å². The van der Waals surface area contributed by atoms with Crippen LogP contribution in [0, 0.1) is 0 Å². The summed E-state index contributed by atoms with van der Waals surface area (Å²) < 4.78 is 4.97. The molecule has 13 heavy (non-hydrogen) atoms. The Morgan fingerprint density at radius 3 is 2.92 bits per heavy atom. The first-order valence-electron chi connectivity index (χ1n) is 3.61. The van der Waals surface area contributed by atoms with Crippen LogP contribution in [-0.4, -0.2) is 18.0 Å². The van der Waals surface area contributed by atoms with Crippen LogP contribution in [-0.2, 0) is 4.79 Å². The number of amides is 1. The zero-order valence-electron chi connectivity index (χ0n) is 7.30. The van der Waals surface area contributed by atoms with E-state index in [9.17, 15) is 4.79 Å². The minimum atomic E-state index is -0.215. The van der Waals surface area contributed by atoms with Gasteiger partial charge in [0.1, 0.15) is 0 Å². The number of pyridine rings is 1. The fourth-order valence-electron chi connectivity index (χ4n) is 0.875. The number of hydrogen-bond acceptors (Lipinski definition) is 3. The molecule has 0 atom stereocenters. The van der Waals surface area contributed by atoms with Gasteiger partial charge < -0.3 is 10.1 Å². The summed E-state index contributed by atoms with van der Waals surface area (Å²) in [6.45, 7) is 1.39. The van der Waals surface area contributed by atoms with Crippen molar-refractivity contribution in [3.05, 3.63) is 17.3 Å². The number of halogens is 1. The highest BCUT2D eigenvalue weighted by Crippen LogP contribution is 2.29. The second kappa shape index (κ2) is 4.09. The smallest absolute Gasteiger partial charge is 0.222 e. The Morgan fingerprint density at radius 2 is 2.38 bits per heavy atom. The minimum Gasteiger partial charge on any atom is -0.491 e. The van der Waals surface area contributed by atoms with E-state index < -0.39 is 0 Å². The van der Waals surface area contributed by atoms with Gasteiger partial charge in [0, 0.05) is 13.1 Å². The summed E-state index contributed by atoms with van der Waals surface area (Å²) in [6.07, 6.45) is 1.50. The van der Waals surface area contributed by atoms with E-state index >= 15 is 0 Å². The summed E-state index contributed by atoms with van der Waals surface area (Å²) in [5.41, 5.74) is 0. The number of ether oxygens (including phenoxy) is 1. The molecule has 0 aliphatic carbocycles. The van der Waals surface area contributed by atoms with Crippen LogP contribution in [0.3, 0.4) is 0 Å². The molecule has 0 spiro atoms. The lowest BCUT2D eigenvalue weighted by atomic mass is 10.4. The Hall–Kier alpha value is -1.29. The number of hydrogen-bond donors (Lipinski definition) is 1. The standard InChI is InChI=1S/C8H9ClN2O2/c1-5(12)11-8-7(13-2)6(9)3-4-10-8/h3-4H,1-2H3,(H,10,11,12). The molecule has 0 radical (unpaired) electrons. The monoisotopic (exact) mass is 200 g/mol. The molecule has 1 heterocycles. The van der Waals surface area contributed by atoms with E-state index in [1.807, 2.05) is 0 Å². The van der Waals surface area contributed by atoms with Crippen molar-refractivity contribution in [3.63, 3.8) is 0 Å². The van der Waals surface area contributed by atoms with Gasteiger partial charge in [-0.1, -0.05) is 11.6 Å². The van der Waals surface area contributed by atoms with Crippen LogP contribution in [0.15, 0.2) is 12.3 Å². The largest absolute Gasteiger partial charge is 0.491 e. The van der Waals surface area contributed by atoms with Gasteiger partial charge in [-0.3, -0.25) is 4.79 Å². The lowest BCUT2D eigenvalue weighted by Crippen LogP contribution is -2.08. The number of methoxy groups -OCH3 is 1. The van der Waals surface area contributed by atoms with Gasteiger partial charge in [-0.25, -0.2) is 4.98 Å². The molecule has 1 amide bonds.